The second-order valence-corrected chi connectivity index (χ2v) is 2.88. The summed E-state index contributed by atoms with van der Waals surface area (Å²) in [5.41, 5.74) is -0.422. The van der Waals surface area contributed by atoms with Gasteiger partial charge >= 0.3 is 0 Å². The van der Waals surface area contributed by atoms with Crippen LogP contribution in [0, 0.1) is 0 Å². The molecule has 6 heteroatoms. The third kappa shape index (κ3) is 1.16. The normalized spacial score (nSPS) is 10.3. The zero-order valence-corrected chi connectivity index (χ0v) is 7.72. The molecule has 0 unspecified atom stereocenters. The van der Waals surface area contributed by atoms with Gasteiger partial charge in [0, 0.05) is 12.4 Å². The molecule has 0 fully saturated rings. The second-order valence-electron chi connectivity index (χ2n) is 2.70. The van der Waals surface area contributed by atoms with E-state index in [0.717, 1.165) is 0 Å². The lowest BCUT2D eigenvalue weighted by molar-refractivity contribution is 0.976. The summed E-state index contributed by atoms with van der Waals surface area (Å²) in [5, 5.41) is 4.96. The van der Waals surface area contributed by atoms with Gasteiger partial charge in [0.1, 0.15) is 0 Å². The van der Waals surface area contributed by atoms with Crippen molar-refractivity contribution in [1.29, 1.82) is 0 Å². The lowest BCUT2D eigenvalue weighted by Gasteiger charge is -1.97. The van der Waals surface area contributed by atoms with E-state index in [1.807, 2.05) is 0 Å². The van der Waals surface area contributed by atoms with Gasteiger partial charge in [-0.3, -0.25) is 19.8 Å². The van der Waals surface area contributed by atoms with Crippen LogP contribution in [0.4, 0.5) is 5.69 Å². The molecule has 2 N–H and O–H groups in total. The Kier molecular flexibility index (Phi) is 1.97. The van der Waals surface area contributed by atoms with Crippen LogP contribution in [0.25, 0.3) is 10.8 Å². The molecular weight excluding hydrogens is 202 g/mol. The van der Waals surface area contributed by atoms with Crippen LogP contribution in [-0.2, 0) is 12.4 Å². The number of aromatic nitrogens is 2. The van der Waals surface area contributed by atoms with Crippen molar-refractivity contribution in [3.8, 4) is 0 Å². The van der Waals surface area contributed by atoms with Crippen molar-refractivity contribution in [2.45, 2.75) is 0 Å². The molecule has 0 saturated carbocycles. The third-order valence-corrected chi connectivity index (χ3v) is 2.10. The lowest BCUT2D eigenvalue weighted by Crippen LogP contribution is -2.18. The first kappa shape index (κ1) is 8.76. The van der Waals surface area contributed by atoms with Crippen LogP contribution in [-0.4, -0.2) is 10.2 Å². The highest BCUT2D eigenvalue weighted by atomic mass is 32.1. The molecule has 0 atom stereocenters. The molecule has 0 aliphatic rings. The van der Waals surface area contributed by atoms with Crippen molar-refractivity contribution < 1.29 is 0 Å². The number of fused-ring (bicyclic) bond motifs is 1. The van der Waals surface area contributed by atoms with Gasteiger partial charge in [0.15, 0.2) is 0 Å². The van der Waals surface area contributed by atoms with Gasteiger partial charge in [-0.1, -0.05) is 6.07 Å². The fourth-order valence-electron chi connectivity index (χ4n) is 1.29. The van der Waals surface area contributed by atoms with Gasteiger partial charge in [-0.25, -0.2) is 0 Å². The first-order valence-corrected chi connectivity index (χ1v) is 4.17. The van der Waals surface area contributed by atoms with E-state index in [9.17, 15) is 9.59 Å². The number of nitrogens with zero attached hydrogens (tertiary/aromatic N) is 1. The smallest absolute Gasteiger partial charge is 0.267 e. The largest absolute Gasteiger partial charge is 0.272 e. The molecule has 0 aliphatic carbocycles. The Bertz CT molecular complexity index is 614. The van der Waals surface area contributed by atoms with Crippen molar-refractivity contribution in [2.75, 3.05) is 0 Å². The molecule has 1 aromatic heterocycles. The van der Waals surface area contributed by atoms with Crippen molar-refractivity contribution >= 4 is 28.9 Å². The minimum absolute atomic E-state index is 0.228. The Balaban J connectivity index is 3.15. The Labute approximate surface area is 82.9 Å². The van der Waals surface area contributed by atoms with E-state index < -0.39 is 5.56 Å². The number of nitrogens with one attached hydrogen (secondary N) is 2. The number of rotatable bonds is 1. The molecule has 0 bridgehead atoms. The molecule has 0 aliphatic heterocycles. The van der Waals surface area contributed by atoms with Gasteiger partial charge in [0.2, 0.25) is 0 Å². The number of H-pyrrole nitrogens is 2. The van der Waals surface area contributed by atoms with Gasteiger partial charge in [-0.15, -0.1) is 0 Å². The minimum Gasteiger partial charge on any atom is -0.267 e. The maximum atomic E-state index is 11.4. The Morgan fingerprint density at radius 2 is 1.86 bits per heavy atom. The quantitative estimate of drug-likeness (QED) is 0.717. The molecule has 0 amide bonds. The summed E-state index contributed by atoms with van der Waals surface area (Å²) in [6.07, 6.45) is 0. The topological polar surface area (TPSA) is 78.1 Å². The first-order chi connectivity index (χ1) is 6.74. The van der Waals surface area contributed by atoms with Crippen LogP contribution in [0.15, 0.2) is 32.2 Å². The van der Waals surface area contributed by atoms with E-state index in [0.29, 0.717) is 11.1 Å². The highest BCUT2D eigenvalue weighted by Gasteiger charge is 2.06. The van der Waals surface area contributed by atoms with Crippen LogP contribution in [0.1, 0.15) is 0 Å². The van der Waals surface area contributed by atoms with Gasteiger partial charge in [-0.2, -0.15) is 4.36 Å². The predicted molar refractivity (Wildman–Crippen MR) is 54.6 cm³/mol. The van der Waals surface area contributed by atoms with Crippen LogP contribution in [0.2, 0.25) is 0 Å². The molecule has 2 rings (SSSR count). The van der Waals surface area contributed by atoms with E-state index in [1.54, 1.807) is 18.2 Å². The molecule has 70 valence electrons. The summed E-state index contributed by atoms with van der Waals surface area (Å²) in [6, 6.07) is 4.76. The molecule has 0 spiro atoms. The van der Waals surface area contributed by atoms with E-state index in [2.05, 4.69) is 27.0 Å². The summed E-state index contributed by atoms with van der Waals surface area (Å²) in [7, 11) is 0. The van der Waals surface area contributed by atoms with Crippen molar-refractivity contribution in [3.05, 3.63) is 38.9 Å². The van der Waals surface area contributed by atoms with Crippen LogP contribution in [0.3, 0.4) is 0 Å². The minimum atomic E-state index is -0.399. The van der Waals surface area contributed by atoms with E-state index >= 15 is 0 Å². The van der Waals surface area contributed by atoms with Gasteiger partial charge in [0.05, 0.1) is 16.5 Å². The Morgan fingerprint density at radius 1 is 1.14 bits per heavy atom. The Morgan fingerprint density at radius 3 is 2.57 bits per heavy atom. The summed E-state index contributed by atoms with van der Waals surface area (Å²) >= 11 is 4.51. The summed E-state index contributed by atoms with van der Waals surface area (Å²) < 4.78 is 3.51. The number of hydrogen-bond acceptors (Lipinski definition) is 4. The predicted octanol–water partition coefficient (Wildman–Crippen LogP) is 0.578. The van der Waals surface area contributed by atoms with Crippen LogP contribution < -0.4 is 11.1 Å². The number of aromatic amines is 2. The van der Waals surface area contributed by atoms with E-state index in [-0.39, 0.29) is 10.9 Å². The molecule has 0 radical (unpaired) electrons. The zero-order valence-electron chi connectivity index (χ0n) is 6.90. The second kappa shape index (κ2) is 3.15. The van der Waals surface area contributed by atoms with Crippen LogP contribution >= 0.6 is 0 Å². The zero-order chi connectivity index (χ0) is 10.1. The standard InChI is InChI=1S/C8H5N3O2S/c12-7-4-2-1-3-5(11-14)6(4)8(13)10-9-7/h1-3H,(H,9,12)(H,10,13). The average Bonchev–Trinajstić information content (AvgIpc) is 2.23. The lowest BCUT2D eigenvalue weighted by atomic mass is 10.2. The fourth-order valence-corrected chi connectivity index (χ4v) is 1.44. The molecular formula is C8H5N3O2S. The third-order valence-electron chi connectivity index (χ3n) is 1.90. The molecule has 5 nitrogen and oxygen atoms in total. The van der Waals surface area contributed by atoms with E-state index in [4.69, 9.17) is 0 Å². The Hall–Kier alpha value is -1.82. The first-order valence-electron chi connectivity index (χ1n) is 3.81. The molecule has 0 saturated heterocycles. The molecule has 1 heterocycles. The molecule has 1 aromatic carbocycles. The average molecular weight is 207 g/mol. The van der Waals surface area contributed by atoms with E-state index in [1.165, 1.54) is 0 Å². The maximum Gasteiger partial charge on any atom is 0.272 e. The highest BCUT2D eigenvalue weighted by molar-refractivity contribution is 7.47. The van der Waals surface area contributed by atoms with Gasteiger partial charge in [0.25, 0.3) is 11.1 Å². The fraction of sp³-hybridized carbons (Fsp3) is 0. The summed E-state index contributed by atoms with van der Waals surface area (Å²) in [4.78, 5) is 22.7. The summed E-state index contributed by atoms with van der Waals surface area (Å²) in [5.74, 6) is 0. The molecule has 14 heavy (non-hydrogen) atoms. The van der Waals surface area contributed by atoms with Crippen molar-refractivity contribution in [3.63, 3.8) is 0 Å². The van der Waals surface area contributed by atoms with Crippen molar-refractivity contribution in [2.24, 2.45) is 4.36 Å². The van der Waals surface area contributed by atoms with Gasteiger partial charge in [-0.05, 0) is 12.1 Å². The van der Waals surface area contributed by atoms with Gasteiger partial charge < -0.3 is 0 Å². The monoisotopic (exact) mass is 207 g/mol. The molecule has 2 aromatic rings. The SMILES string of the molecule is O=c1[nH][nH]c(=O)c2c(N=S)cccc12. The van der Waals surface area contributed by atoms with Crippen LogP contribution in [0.5, 0.6) is 0 Å². The number of benzene rings is 1. The number of hydrogen-bond donors (Lipinski definition) is 2. The highest BCUT2D eigenvalue weighted by Crippen LogP contribution is 2.18. The van der Waals surface area contributed by atoms with Crippen molar-refractivity contribution in [1.82, 2.24) is 10.2 Å². The maximum absolute atomic E-state index is 11.4. The summed E-state index contributed by atoms with van der Waals surface area (Å²) in [6.45, 7) is 0.